The molecule has 0 radical (unpaired) electrons. The molecule has 32 heavy (non-hydrogen) atoms. The Labute approximate surface area is 190 Å². The van der Waals surface area contributed by atoms with Crippen LogP contribution in [0.1, 0.15) is 43.0 Å². The Morgan fingerprint density at radius 1 is 1.03 bits per heavy atom. The van der Waals surface area contributed by atoms with Crippen molar-refractivity contribution in [2.75, 3.05) is 13.2 Å². The van der Waals surface area contributed by atoms with E-state index in [1.54, 1.807) is 36.4 Å². The fraction of sp³-hybridized carbons (Fsp3) is 0.292. The summed E-state index contributed by atoms with van der Waals surface area (Å²) in [5.41, 5.74) is -0.565. The Morgan fingerprint density at radius 2 is 1.78 bits per heavy atom. The summed E-state index contributed by atoms with van der Waals surface area (Å²) in [6, 6.07) is 13.1. The van der Waals surface area contributed by atoms with Crippen LogP contribution in [-0.2, 0) is 4.79 Å². The first-order chi connectivity index (χ1) is 15.5. The predicted molar refractivity (Wildman–Crippen MR) is 122 cm³/mol. The number of carbonyl (C=O) groups excluding carboxylic acids is 2. The Hall–Kier alpha value is -3.32. The van der Waals surface area contributed by atoms with Crippen LogP contribution in [-0.4, -0.2) is 25.0 Å². The van der Waals surface area contributed by atoms with Gasteiger partial charge in [-0.15, -0.1) is 0 Å². The maximum absolute atomic E-state index is 12.2. The fourth-order valence-electron chi connectivity index (χ4n) is 2.91. The van der Waals surface area contributed by atoms with Crippen molar-refractivity contribution in [2.45, 2.75) is 32.6 Å². The molecule has 0 unspecified atom stereocenters. The molecule has 0 aliphatic heterocycles. The molecule has 0 aliphatic carbocycles. The normalized spacial score (nSPS) is 10.7. The number of fused-ring (bicyclic) bond motifs is 1. The zero-order valence-electron chi connectivity index (χ0n) is 17.7. The summed E-state index contributed by atoms with van der Waals surface area (Å²) in [4.78, 5) is 36.5. The summed E-state index contributed by atoms with van der Waals surface area (Å²) in [5, 5.41) is 3.88. The lowest BCUT2D eigenvalue weighted by Gasteiger charge is -2.08. The molecule has 0 spiro atoms. The van der Waals surface area contributed by atoms with Gasteiger partial charge >= 0.3 is 11.6 Å². The molecule has 0 saturated carbocycles. The molecule has 1 aromatic heterocycles. The lowest BCUT2D eigenvalue weighted by molar-refractivity contribution is -0.134. The van der Waals surface area contributed by atoms with Crippen LogP contribution in [0.5, 0.6) is 11.5 Å². The summed E-state index contributed by atoms with van der Waals surface area (Å²) in [5.74, 6) is 0.0268. The fourth-order valence-corrected chi connectivity index (χ4v) is 3.03. The smallest absolute Gasteiger partial charge is 0.349 e. The number of nitrogens with one attached hydrogen (secondary N) is 1. The van der Waals surface area contributed by atoms with Gasteiger partial charge in [0.25, 0.3) is 5.91 Å². The van der Waals surface area contributed by atoms with E-state index in [1.807, 2.05) is 6.92 Å². The lowest BCUT2D eigenvalue weighted by atomic mass is 10.1. The third-order valence-corrected chi connectivity index (χ3v) is 4.86. The van der Waals surface area contributed by atoms with Crippen molar-refractivity contribution in [1.29, 1.82) is 0 Å². The first-order valence-corrected chi connectivity index (χ1v) is 10.8. The molecule has 0 atom stereocenters. The van der Waals surface area contributed by atoms with E-state index in [0.29, 0.717) is 35.7 Å². The van der Waals surface area contributed by atoms with E-state index in [9.17, 15) is 14.4 Å². The van der Waals surface area contributed by atoms with E-state index < -0.39 is 17.5 Å². The summed E-state index contributed by atoms with van der Waals surface area (Å²) in [7, 11) is 0. The number of amides is 1. The van der Waals surface area contributed by atoms with Gasteiger partial charge in [-0.25, -0.2) is 4.79 Å². The van der Waals surface area contributed by atoms with Gasteiger partial charge in [0.05, 0.1) is 6.61 Å². The van der Waals surface area contributed by atoms with Crippen molar-refractivity contribution in [3.05, 3.63) is 69.5 Å². The van der Waals surface area contributed by atoms with Crippen molar-refractivity contribution in [2.24, 2.45) is 0 Å². The van der Waals surface area contributed by atoms with Gasteiger partial charge in [0.15, 0.2) is 0 Å². The monoisotopic (exact) mass is 457 g/mol. The van der Waals surface area contributed by atoms with E-state index in [2.05, 4.69) is 5.32 Å². The van der Waals surface area contributed by atoms with Crippen LogP contribution >= 0.6 is 11.6 Å². The molecule has 1 heterocycles. The van der Waals surface area contributed by atoms with Crippen molar-refractivity contribution >= 4 is 34.4 Å². The summed E-state index contributed by atoms with van der Waals surface area (Å²) < 4.78 is 16.1. The van der Waals surface area contributed by atoms with Gasteiger partial charge in [-0.1, -0.05) is 24.9 Å². The second-order valence-electron chi connectivity index (χ2n) is 7.14. The minimum Gasteiger partial charge on any atom is -0.494 e. The third-order valence-electron chi connectivity index (χ3n) is 4.61. The van der Waals surface area contributed by atoms with E-state index in [0.717, 1.165) is 12.8 Å². The first-order valence-electron chi connectivity index (χ1n) is 10.4. The van der Waals surface area contributed by atoms with E-state index in [1.165, 1.54) is 12.1 Å². The molecule has 0 aliphatic rings. The molecule has 1 amide bonds. The molecule has 8 heteroatoms. The topological polar surface area (TPSA) is 94.8 Å². The highest BCUT2D eigenvalue weighted by molar-refractivity contribution is 6.30. The quantitative estimate of drug-likeness (QED) is 0.204. The van der Waals surface area contributed by atoms with Gasteiger partial charge < -0.3 is 19.2 Å². The SMILES string of the molecule is CCCCNC(=O)c1cc2ccc(OC(=O)CCCOc3ccc(Cl)cc3)cc2oc1=O. The summed E-state index contributed by atoms with van der Waals surface area (Å²) in [6.45, 7) is 2.86. The molecule has 168 valence electrons. The molecule has 1 N–H and O–H groups in total. The second-order valence-corrected chi connectivity index (χ2v) is 7.57. The molecular formula is C24H24ClNO6. The summed E-state index contributed by atoms with van der Waals surface area (Å²) in [6.07, 6.45) is 2.39. The van der Waals surface area contributed by atoms with Crippen molar-refractivity contribution < 1.29 is 23.5 Å². The zero-order valence-corrected chi connectivity index (χ0v) is 18.4. The van der Waals surface area contributed by atoms with Crippen LogP contribution in [0.25, 0.3) is 11.0 Å². The number of halogens is 1. The number of benzene rings is 2. The number of carbonyl (C=O) groups is 2. The average Bonchev–Trinajstić information content (AvgIpc) is 2.77. The van der Waals surface area contributed by atoms with Gasteiger partial charge in [0.2, 0.25) is 0 Å². The van der Waals surface area contributed by atoms with Crippen LogP contribution in [0.2, 0.25) is 5.02 Å². The highest BCUT2D eigenvalue weighted by atomic mass is 35.5. The number of esters is 1. The van der Waals surface area contributed by atoms with Crippen LogP contribution in [0, 0.1) is 0 Å². The Balaban J connectivity index is 1.55. The standard InChI is InChI=1S/C24H24ClNO6/c1-2-3-12-26-23(28)20-14-16-6-9-19(15-21(16)32-24(20)29)31-22(27)5-4-13-30-18-10-7-17(25)8-11-18/h6-11,14-15H,2-5,12-13H2,1H3,(H,26,28). The van der Waals surface area contributed by atoms with Crippen LogP contribution < -0.4 is 20.4 Å². The highest BCUT2D eigenvalue weighted by Gasteiger charge is 2.14. The van der Waals surface area contributed by atoms with Gasteiger partial charge in [-0.2, -0.15) is 0 Å². The Kier molecular flexibility index (Phi) is 8.27. The molecular weight excluding hydrogens is 434 g/mol. The minimum absolute atomic E-state index is 0.0564. The minimum atomic E-state index is -0.741. The van der Waals surface area contributed by atoms with E-state index in [4.69, 9.17) is 25.5 Å². The average molecular weight is 458 g/mol. The van der Waals surface area contributed by atoms with Crippen molar-refractivity contribution in [3.8, 4) is 11.5 Å². The molecule has 0 saturated heterocycles. The van der Waals surface area contributed by atoms with E-state index in [-0.39, 0.29) is 23.3 Å². The maximum Gasteiger partial charge on any atom is 0.349 e. The first kappa shape index (κ1) is 23.3. The zero-order chi connectivity index (χ0) is 22.9. The number of rotatable bonds is 10. The van der Waals surface area contributed by atoms with Crippen LogP contribution in [0.15, 0.2) is 57.7 Å². The lowest BCUT2D eigenvalue weighted by Crippen LogP contribution is -2.28. The highest BCUT2D eigenvalue weighted by Crippen LogP contribution is 2.21. The van der Waals surface area contributed by atoms with Gasteiger partial charge in [-0.3, -0.25) is 9.59 Å². The number of ether oxygens (including phenoxy) is 2. The number of unbranched alkanes of at least 4 members (excludes halogenated alkanes) is 1. The van der Waals surface area contributed by atoms with E-state index >= 15 is 0 Å². The predicted octanol–water partition coefficient (Wildman–Crippen LogP) is 4.74. The molecule has 0 fully saturated rings. The summed E-state index contributed by atoms with van der Waals surface area (Å²) >= 11 is 5.82. The van der Waals surface area contributed by atoms with Gasteiger partial charge in [-0.05, 0) is 55.3 Å². The van der Waals surface area contributed by atoms with Gasteiger partial charge in [0.1, 0.15) is 22.6 Å². The third kappa shape index (κ3) is 6.59. The molecule has 3 rings (SSSR count). The number of hydrogen-bond acceptors (Lipinski definition) is 6. The maximum atomic E-state index is 12.2. The Bertz CT molecular complexity index is 1140. The second kappa shape index (κ2) is 11.3. The molecule has 2 aromatic carbocycles. The Morgan fingerprint density at radius 3 is 2.53 bits per heavy atom. The molecule has 7 nitrogen and oxygen atoms in total. The van der Waals surface area contributed by atoms with Crippen LogP contribution in [0.3, 0.4) is 0 Å². The molecule has 0 bridgehead atoms. The number of hydrogen-bond donors (Lipinski definition) is 1. The van der Waals surface area contributed by atoms with Gasteiger partial charge in [0, 0.05) is 29.4 Å². The molecule has 3 aromatic rings. The largest absolute Gasteiger partial charge is 0.494 e. The van der Waals surface area contributed by atoms with Crippen LogP contribution in [0.4, 0.5) is 0 Å². The van der Waals surface area contributed by atoms with Crippen molar-refractivity contribution in [3.63, 3.8) is 0 Å². The van der Waals surface area contributed by atoms with Crippen molar-refractivity contribution in [1.82, 2.24) is 5.32 Å².